The van der Waals surface area contributed by atoms with Crippen molar-refractivity contribution >= 4 is 11.5 Å². The highest BCUT2D eigenvalue weighted by molar-refractivity contribution is 5.68. The smallest absolute Gasteiger partial charge is 0.183 e. The van der Waals surface area contributed by atoms with Crippen LogP contribution in [-0.4, -0.2) is 36.1 Å². The second-order valence-corrected chi connectivity index (χ2v) is 8.47. The number of benzene rings is 1. The molecular weight excluding hydrogens is 440 g/mol. The molecule has 5 aromatic rings. The van der Waals surface area contributed by atoms with Crippen LogP contribution in [0.3, 0.4) is 0 Å². The van der Waals surface area contributed by atoms with Gasteiger partial charge in [-0.05, 0) is 51.0 Å². The minimum absolute atomic E-state index is 0.284. The Hall–Kier alpha value is -4.08. The summed E-state index contributed by atoms with van der Waals surface area (Å²) in [6.07, 6.45) is 8.74. The number of aromatic nitrogens is 6. The van der Waals surface area contributed by atoms with Crippen LogP contribution < -0.4 is 4.90 Å². The molecule has 0 N–H and O–H groups in total. The Kier molecular flexibility index (Phi) is 4.68. The maximum Gasteiger partial charge on any atom is 0.183 e. The van der Waals surface area contributed by atoms with Crippen molar-refractivity contribution < 1.29 is 13.3 Å². The normalized spacial score (nSPS) is 16.1. The van der Waals surface area contributed by atoms with E-state index < -0.39 is 11.6 Å². The molecule has 1 fully saturated rings. The lowest BCUT2D eigenvalue weighted by Crippen LogP contribution is -2.24. The molecule has 0 radical (unpaired) electrons. The van der Waals surface area contributed by atoms with Crippen LogP contribution in [-0.2, 0) is 0 Å². The zero-order valence-corrected chi connectivity index (χ0v) is 18.6. The van der Waals surface area contributed by atoms with Gasteiger partial charge >= 0.3 is 0 Å². The van der Waals surface area contributed by atoms with E-state index in [1.807, 2.05) is 37.2 Å². The summed E-state index contributed by atoms with van der Waals surface area (Å²) in [6, 6.07) is 5.16. The van der Waals surface area contributed by atoms with Crippen molar-refractivity contribution in [2.45, 2.75) is 32.7 Å². The number of halogens is 2. The van der Waals surface area contributed by atoms with Crippen LogP contribution in [0.4, 0.5) is 14.6 Å². The molecule has 0 saturated carbocycles. The summed E-state index contributed by atoms with van der Waals surface area (Å²) < 4.78 is 37.1. The third-order valence-corrected chi connectivity index (χ3v) is 6.35. The number of hydrogen-bond donors (Lipinski definition) is 0. The Morgan fingerprint density at radius 1 is 1.09 bits per heavy atom. The first-order valence-corrected chi connectivity index (χ1v) is 11.0. The van der Waals surface area contributed by atoms with E-state index in [0.717, 1.165) is 41.5 Å². The molecule has 1 aromatic carbocycles. The lowest BCUT2D eigenvalue weighted by Gasteiger charge is -2.26. The van der Waals surface area contributed by atoms with Gasteiger partial charge in [0.1, 0.15) is 28.9 Å². The second kappa shape index (κ2) is 7.75. The highest BCUT2D eigenvalue weighted by Gasteiger charge is 2.30. The molecule has 172 valence electrons. The molecule has 0 amide bonds. The summed E-state index contributed by atoms with van der Waals surface area (Å²) in [5, 5.41) is 12.9. The summed E-state index contributed by atoms with van der Waals surface area (Å²) in [6.45, 7) is 4.45. The van der Waals surface area contributed by atoms with Crippen molar-refractivity contribution in [3.63, 3.8) is 0 Å². The van der Waals surface area contributed by atoms with Crippen LogP contribution >= 0.6 is 0 Å². The lowest BCUT2D eigenvalue weighted by molar-refractivity contribution is 0.393. The fourth-order valence-corrected chi connectivity index (χ4v) is 4.78. The van der Waals surface area contributed by atoms with Crippen molar-refractivity contribution in [3.8, 4) is 16.8 Å². The fourth-order valence-electron chi connectivity index (χ4n) is 4.78. The quantitative estimate of drug-likeness (QED) is 0.382. The Balaban J connectivity index is 1.39. The Morgan fingerprint density at radius 2 is 1.97 bits per heavy atom. The average Bonchev–Trinajstić information content (AvgIpc) is 3.61. The third kappa shape index (κ3) is 3.25. The highest BCUT2D eigenvalue weighted by Crippen LogP contribution is 2.37. The summed E-state index contributed by atoms with van der Waals surface area (Å²) >= 11 is 0. The van der Waals surface area contributed by atoms with Crippen LogP contribution in [0.1, 0.15) is 35.9 Å². The molecule has 6 rings (SSSR count). The molecule has 1 aliphatic rings. The number of rotatable bonds is 4. The maximum absolute atomic E-state index is 14.5. The van der Waals surface area contributed by atoms with Crippen LogP contribution in [0.25, 0.3) is 22.5 Å². The Morgan fingerprint density at radius 3 is 2.79 bits per heavy atom. The Labute approximate surface area is 193 Å². The highest BCUT2D eigenvalue weighted by atomic mass is 19.1. The molecule has 0 spiro atoms. The van der Waals surface area contributed by atoms with Gasteiger partial charge in [-0.3, -0.25) is 0 Å². The standard InChI is InChI=1S/C24H21F2N7O/c1-14-23(15(2)34-30-14)16-11-27-33(13-16)21-12-28-32-9-7-22(29-24(21)32)31-8-3-4-20(31)18-10-17(25)5-6-19(18)26/h5-7,9-13,20H,3-4,8H2,1-2H3/t20-/m1/s1. The summed E-state index contributed by atoms with van der Waals surface area (Å²) in [4.78, 5) is 6.87. The number of aryl methyl sites for hydroxylation is 2. The Bertz CT molecular complexity index is 1500. The van der Waals surface area contributed by atoms with Gasteiger partial charge in [0.25, 0.3) is 0 Å². The molecule has 8 nitrogen and oxygen atoms in total. The second-order valence-electron chi connectivity index (χ2n) is 8.47. The molecule has 0 aliphatic carbocycles. The van der Waals surface area contributed by atoms with Crippen molar-refractivity contribution in [3.05, 3.63) is 77.7 Å². The maximum atomic E-state index is 14.5. The van der Waals surface area contributed by atoms with Gasteiger partial charge in [-0.2, -0.15) is 10.2 Å². The molecule has 1 aliphatic heterocycles. The minimum atomic E-state index is -0.447. The van der Waals surface area contributed by atoms with E-state index in [4.69, 9.17) is 9.51 Å². The number of nitrogens with zero attached hydrogens (tertiary/aromatic N) is 7. The largest absolute Gasteiger partial charge is 0.361 e. The number of fused-ring (bicyclic) bond motifs is 1. The molecular formula is C24H21F2N7O. The van der Waals surface area contributed by atoms with Gasteiger partial charge in [0, 0.05) is 30.1 Å². The SMILES string of the molecule is Cc1noc(C)c1-c1cnn(-c2cnn3ccc(N4CCC[C@@H]4c4cc(F)ccc4F)nc23)c1. The van der Waals surface area contributed by atoms with Gasteiger partial charge in [-0.25, -0.2) is 23.0 Å². The predicted molar refractivity (Wildman–Crippen MR) is 121 cm³/mol. The van der Waals surface area contributed by atoms with Crippen molar-refractivity contribution in [2.75, 3.05) is 11.4 Å². The summed E-state index contributed by atoms with van der Waals surface area (Å²) in [7, 11) is 0. The first kappa shape index (κ1) is 20.5. The molecule has 1 atom stereocenters. The van der Waals surface area contributed by atoms with E-state index >= 15 is 0 Å². The molecule has 10 heteroatoms. The van der Waals surface area contributed by atoms with Gasteiger partial charge in [0.05, 0.1) is 29.7 Å². The molecule has 0 unspecified atom stereocenters. The summed E-state index contributed by atoms with van der Waals surface area (Å²) in [5.74, 6) is 0.547. The van der Waals surface area contributed by atoms with Gasteiger partial charge in [-0.1, -0.05) is 5.16 Å². The van der Waals surface area contributed by atoms with E-state index in [1.54, 1.807) is 21.6 Å². The molecule has 34 heavy (non-hydrogen) atoms. The molecule has 4 aromatic heterocycles. The van der Waals surface area contributed by atoms with Gasteiger partial charge in [0.2, 0.25) is 0 Å². The first-order chi connectivity index (χ1) is 16.5. The van der Waals surface area contributed by atoms with E-state index in [1.165, 1.54) is 12.1 Å². The molecule has 5 heterocycles. The van der Waals surface area contributed by atoms with E-state index in [0.29, 0.717) is 29.3 Å². The predicted octanol–water partition coefficient (Wildman–Crippen LogP) is 4.81. The van der Waals surface area contributed by atoms with Crippen molar-refractivity contribution in [1.82, 2.24) is 29.5 Å². The van der Waals surface area contributed by atoms with E-state index in [2.05, 4.69) is 15.4 Å². The summed E-state index contributed by atoms with van der Waals surface area (Å²) in [5.41, 5.74) is 4.25. The van der Waals surface area contributed by atoms with Crippen LogP contribution in [0.2, 0.25) is 0 Å². The van der Waals surface area contributed by atoms with Gasteiger partial charge in [0.15, 0.2) is 5.65 Å². The number of hydrogen-bond acceptors (Lipinski definition) is 6. The van der Waals surface area contributed by atoms with Crippen LogP contribution in [0.5, 0.6) is 0 Å². The first-order valence-electron chi connectivity index (χ1n) is 11.0. The van der Waals surface area contributed by atoms with Gasteiger partial charge in [-0.15, -0.1) is 0 Å². The zero-order chi connectivity index (χ0) is 23.4. The van der Waals surface area contributed by atoms with E-state index in [9.17, 15) is 8.78 Å². The monoisotopic (exact) mass is 461 g/mol. The molecule has 0 bridgehead atoms. The van der Waals surface area contributed by atoms with Crippen LogP contribution in [0.15, 0.2) is 53.6 Å². The molecule has 1 saturated heterocycles. The van der Waals surface area contributed by atoms with Crippen molar-refractivity contribution in [2.24, 2.45) is 0 Å². The minimum Gasteiger partial charge on any atom is -0.361 e. The zero-order valence-electron chi connectivity index (χ0n) is 18.6. The topological polar surface area (TPSA) is 77.3 Å². The van der Waals surface area contributed by atoms with Crippen LogP contribution in [0, 0.1) is 25.5 Å². The lowest BCUT2D eigenvalue weighted by atomic mass is 10.0. The third-order valence-electron chi connectivity index (χ3n) is 6.35. The average molecular weight is 461 g/mol. The fraction of sp³-hybridized carbons (Fsp3) is 0.250. The number of anilines is 1. The van der Waals surface area contributed by atoms with Gasteiger partial charge < -0.3 is 9.42 Å². The van der Waals surface area contributed by atoms with E-state index in [-0.39, 0.29) is 6.04 Å². The van der Waals surface area contributed by atoms with Crippen molar-refractivity contribution in [1.29, 1.82) is 0 Å².